The van der Waals surface area contributed by atoms with E-state index in [0.29, 0.717) is 17.2 Å². The van der Waals surface area contributed by atoms with Gasteiger partial charge in [-0.15, -0.1) is 0 Å². The summed E-state index contributed by atoms with van der Waals surface area (Å²) in [7, 11) is 0. The van der Waals surface area contributed by atoms with E-state index in [4.69, 9.17) is 9.84 Å². The molecule has 0 bridgehead atoms. The number of ether oxygens (including phenoxy) is 1. The van der Waals surface area contributed by atoms with E-state index in [1.54, 1.807) is 12.1 Å². The van der Waals surface area contributed by atoms with Crippen molar-refractivity contribution in [3.05, 3.63) is 28.8 Å². The Hall–Kier alpha value is -2.04. The molecule has 0 heterocycles. The Kier molecular flexibility index (Phi) is 4.50. The molecule has 5 nitrogen and oxygen atoms in total. The maximum absolute atomic E-state index is 12.2. The minimum atomic E-state index is -1.02. The molecular formula is C16H21NO4. The average Bonchev–Trinajstić information content (AvgIpc) is 2.35. The number of carboxylic acid groups (broad SMARTS) is 1. The largest absolute Gasteiger partial charge is 0.481 e. The van der Waals surface area contributed by atoms with Crippen molar-refractivity contribution < 1.29 is 19.4 Å². The summed E-state index contributed by atoms with van der Waals surface area (Å²) in [6.07, 6.45) is 2.06. The highest BCUT2D eigenvalue weighted by Crippen LogP contribution is 2.28. The molecule has 1 aromatic rings. The summed E-state index contributed by atoms with van der Waals surface area (Å²) in [4.78, 5) is 22.8. The van der Waals surface area contributed by atoms with E-state index in [-0.39, 0.29) is 18.6 Å². The number of aliphatic carboxylic acids is 1. The molecular weight excluding hydrogens is 270 g/mol. The summed E-state index contributed by atoms with van der Waals surface area (Å²) >= 11 is 0. The first-order valence-electron chi connectivity index (χ1n) is 7.13. The molecule has 0 atom stereocenters. The first-order chi connectivity index (χ1) is 9.86. The van der Waals surface area contributed by atoms with Crippen molar-refractivity contribution >= 4 is 11.9 Å². The molecule has 2 N–H and O–H groups in total. The van der Waals surface area contributed by atoms with Crippen LogP contribution in [0.4, 0.5) is 0 Å². The SMILES string of the molecule is Cc1cc(C(=O)NC2CC(C)C2)cc(C)c1OCC(=O)O. The van der Waals surface area contributed by atoms with Gasteiger partial charge in [0, 0.05) is 11.6 Å². The van der Waals surface area contributed by atoms with Crippen molar-refractivity contribution in [2.75, 3.05) is 6.61 Å². The molecule has 1 fully saturated rings. The van der Waals surface area contributed by atoms with E-state index in [0.717, 1.165) is 24.0 Å². The number of aryl methyl sites for hydroxylation is 2. The first-order valence-corrected chi connectivity index (χ1v) is 7.13. The predicted octanol–water partition coefficient (Wildman–Crippen LogP) is 2.30. The van der Waals surface area contributed by atoms with Gasteiger partial charge in [-0.05, 0) is 55.9 Å². The number of hydrogen-bond donors (Lipinski definition) is 2. The Morgan fingerprint density at radius 3 is 2.33 bits per heavy atom. The molecule has 0 aromatic heterocycles. The lowest BCUT2D eigenvalue weighted by Crippen LogP contribution is -2.43. The van der Waals surface area contributed by atoms with Crippen molar-refractivity contribution in [1.82, 2.24) is 5.32 Å². The first kappa shape index (κ1) is 15.4. The van der Waals surface area contributed by atoms with Gasteiger partial charge in [-0.25, -0.2) is 4.79 Å². The molecule has 1 aliphatic rings. The molecule has 1 aliphatic carbocycles. The minimum Gasteiger partial charge on any atom is -0.481 e. The summed E-state index contributed by atoms with van der Waals surface area (Å²) in [6.45, 7) is 5.41. The third-order valence-electron chi connectivity index (χ3n) is 3.77. The Morgan fingerprint density at radius 1 is 1.29 bits per heavy atom. The Morgan fingerprint density at radius 2 is 1.86 bits per heavy atom. The van der Waals surface area contributed by atoms with E-state index >= 15 is 0 Å². The summed E-state index contributed by atoms with van der Waals surface area (Å²) in [6, 6.07) is 3.75. The van der Waals surface area contributed by atoms with Crippen LogP contribution in [0.25, 0.3) is 0 Å². The van der Waals surface area contributed by atoms with Crippen LogP contribution in [-0.4, -0.2) is 29.6 Å². The van der Waals surface area contributed by atoms with Crippen molar-refractivity contribution in [2.24, 2.45) is 5.92 Å². The molecule has 5 heteroatoms. The van der Waals surface area contributed by atoms with Gasteiger partial charge in [0.25, 0.3) is 5.91 Å². The minimum absolute atomic E-state index is 0.0807. The zero-order valence-corrected chi connectivity index (χ0v) is 12.6. The predicted molar refractivity (Wildman–Crippen MR) is 78.7 cm³/mol. The fourth-order valence-corrected chi connectivity index (χ4v) is 2.73. The number of benzene rings is 1. The van der Waals surface area contributed by atoms with Crippen molar-refractivity contribution in [3.8, 4) is 5.75 Å². The fourth-order valence-electron chi connectivity index (χ4n) is 2.73. The van der Waals surface area contributed by atoms with Crippen LogP contribution in [0.5, 0.6) is 5.75 Å². The number of carbonyl (C=O) groups is 2. The van der Waals surface area contributed by atoms with Crippen LogP contribution in [0.1, 0.15) is 41.3 Å². The van der Waals surface area contributed by atoms with Gasteiger partial charge in [-0.3, -0.25) is 4.79 Å². The third kappa shape index (κ3) is 3.74. The molecule has 0 spiro atoms. The van der Waals surface area contributed by atoms with Gasteiger partial charge in [0.1, 0.15) is 5.75 Å². The Balaban J connectivity index is 2.07. The number of hydrogen-bond acceptors (Lipinski definition) is 3. The highest BCUT2D eigenvalue weighted by Gasteiger charge is 2.27. The second-order valence-corrected chi connectivity index (χ2v) is 5.87. The zero-order chi connectivity index (χ0) is 15.6. The monoisotopic (exact) mass is 291 g/mol. The van der Waals surface area contributed by atoms with Gasteiger partial charge in [-0.1, -0.05) is 6.92 Å². The standard InChI is InChI=1S/C16H21NO4/c1-9-4-13(5-9)17-16(20)12-6-10(2)15(11(3)7-12)21-8-14(18)19/h6-7,9,13H,4-5,8H2,1-3H3,(H,17,20)(H,18,19). The van der Waals surface area contributed by atoms with E-state index in [1.165, 1.54) is 0 Å². The summed E-state index contributed by atoms with van der Waals surface area (Å²) in [5.74, 6) is 0.120. The number of carbonyl (C=O) groups excluding carboxylic acids is 1. The third-order valence-corrected chi connectivity index (χ3v) is 3.77. The quantitative estimate of drug-likeness (QED) is 0.872. The normalized spacial score (nSPS) is 20.5. The van der Waals surface area contributed by atoms with Crippen molar-refractivity contribution in [2.45, 2.75) is 39.7 Å². The van der Waals surface area contributed by atoms with E-state index in [2.05, 4.69) is 12.2 Å². The lowest BCUT2D eigenvalue weighted by atomic mass is 9.82. The van der Waals surface area contributed by atoms with Crippen LogP contribution in [-0.2, 0) is 4.79 Å². The van der Waals surface area contributed by atoms with E-state index in [1.807, 2.05) is 13.8 Å². The van der Waals surface area contributed by atoms with Crippen molar-refractivity contribution in [1.29, 1.82) is 0 Å². The highest BCUT2D eigenvalue weighted by molar-refractivity contribution is 5.95. The molecule has 1 aromatic carbocycles. The smallest absolute Gasteiger partial charge is 0.341 e. The lowest BCUT2D eigenvalue weighted by molar-refractivity contribution is -0.139. The van der Waals surface area contributed by atoms with Gasteiger partial charge >= 0.3 is 5.97 Å². The maximum Gasteiger partial charge on any atom is 0.341 e. The molecule has 0 radical (unpaired) electrons. The maximum atomic E-state index is 12.2. The van der Waals surface area contributed by atoms with Crippen LogP contribution in [0.15, 0.2) is 12.1 Å². The lowest BCUT2D eigenvalue weighted by Gasteiger charge is -2.33. The zero-order valence-electron chi connectivity index (χ0n) is 12.6. The summed E-state index contributed by atoms with van der Waals surface area (Å²) in [5, 5.41) is 11.7. The van der Waals surface area contributed by atoms with E-state index in [9.17, 15) is 9.59 Å². The number of carboxylic acids is 1. The molecule has 0 unspecified atom stereocenters. The molecule has 21 heavy (non-hydrogen) atoms. The van der Waals surface area contributed by atoms with Gasteiger partial charge in [-0.2, -0.15) is 0 Å². The number of rotatable bonds is 5. The van der Waals surface area contributed by atoms with Gasteiger partial charge in [0.2, 0.25) is 0 Å². The average molecular weight is 291 g/mol. The molecule has 0 aliphatic heterocycles. The van der Waals surface area contributed by atoms with Crippen molar-refractivity contribution in [3.63, 3.8) is 0 Å². The number of nitrogens with one attached hydrogen (secondary N) is 1. The fraction of sp³-hybridized carbons (Fsp3) is 0.500. The van der Waals surface area contributed by atoms with Crippen LogP contribution < -0.4 is 10.1 Å². The van der Waals surface area contributed by atoms with Gasteiger partial charge in [0.05, 0.1) is 0 Å². The molecule has 114 valence electrons. The van der Waals surface area contributed by atoms with Gasteiger partial charge < -0.3 is 15.2 Å². The van der Waals surface area contributed by atoms with Gasteiger partial charge in [0.15, 0.2) is 6.61 Å². The Bertz CT molecular complexity index is 538. The van der Waals surface area contributed by atoms with Crippen LogP contribution >= 0.6 is 0 Å². The van der Waals surface area contributed by atoms with Crippen LogP contribution in [0.3, 0.4) is 0 Å². The molecule has 1 saturated carbocycles. The van der Waals surface area contributed by atoms with E-state index < -0.39 is 5.97 Å². The topological polar surface area (TPSA) is 75.6 Å². The highest BCUT2D eigenvalue weighted by atomic mass is 16.5. The summed E-state index contributed by atoms with van der Waals surface area (Å²) < 4.78 is 5.26. The van der Waals surface area contributed by atoms with Crippen LogP contribution in [0, 0.1) is 19.8 Å². The van der Waals surface area contributed by atoms with Crippen LogP contribution in [0.2, 0.25) is 0 Å². The summed E-state index contributed by atoms with van der Waals surface area (Å²) in [5.41, 5.74) is 2.12. The Labute approximate surface area is 124 Å². The second kappa shape index (κ2) is 6.16. The molecule has 1 amide bonds. The molecule has 0 saturated heterocycles. The molecule has 2 rings (SSSR count). The second-order valence-electron chi connectivity index (χ2n) is 5.87. The number of amides is 1.